The molecule has 7 aromatic carbocycles. The molecule has 58 heavy (non-hydrogen) atoms. The van der Waals surface area contributed by atoms with Gasteiger partial charge in [0.15, 0.2) is 0 Å². The maximum absolute atomic E-state index is 2.51. The van der Waals surface area contributed by atoms with Gasteiger partial charge in [-0.3, -0.25) is 0 Å². The fourth-order valence-electron chi connectivity index (χ4n) is 8.13. The predicted octanol–water partition coefficient (Wildman–Crippen LogP) is 17.1. The summed E-state index contributed by atoms with van der Waals surface area (Å²) in [6, 6.07) is 53.3. The van der Waals surface area contributed by atoms with Crippen molar-refractivity contribution in [1.29, 1.82) is 0 Å². The first-order valence-corrected chi connectivity index (χ1v) is 21.3. The molecule has 7 rings (SSSR count). The summed E-state index contributed by atoms with van der Waals surface area (Å²) in [6.45, 7) is 29.8. The number of benzene rings is 7. The lowest BCUT2D eigenvalue weighted by Crippen LogP contribution is -2.17. The van der Waals surface area contributed by atoms with Gasteiger partial charge in [-0.15, -0.1) is 0 Å². The van der Waals surface area contributed by atoms with E-state index in [1.807, 2.05) is 0 Å². The molecular formula is C56H64N2. The second-order valence-corrected chi connectivity index (χ2v) is 20.0. The largest absolute Gasteiger partial charge is 0.309 e. The Kier molecular flexibility index (Phi) is 10.9. The zero-order valence-corrected chi connectivity index (χ0v) is 37.3. The van der Waals surface area contributed by atoms with Crippen LogP contribution in [0.5, 0.6) is 0 Å². The van der Waals surface area contributed by atoms with E-state index in [1.54, 1.807) is 0 Å². The Bertz CT molecular complexity index is 2520. The molecule has 0 unspecified atom stereocenters. The first-order chi connectivity index (χ1) is 27.3. The Morgan fingerprint density at radius 2 is 0.621 bits per heavy atom. The molecule has 0 aliphatic carbocycles. The van der Waals surface area contributed by atoms with Crippen molar-refractivity contribution in [2.75, 3.05) is 9.80 Å². The second-order valence-electron chi connectivity index (χ2n) is 20.0. The summed E-state index contributed by atoms with van der Waals surface area (Å²) in [4.78, 5) is 5.01. The molecule has 0 amide bonds. The average molecular weight is 765 g/mol. The molecule has 0 spiro atoms. The SMILES string of the molecule is CC(C)c1ccc(N(c2ccc(C(C)(C)C)cc2)c2c3ccccc3c(N(c3ccc(C(C)C)cc3)c3ccc(C(C)(C)C)cc3)c3cc(C(C)(C)C)ccc23)cc1. The number of rotatable bonds is 8. The monoisotopic (exact) mass is 765 g/mol. The summed E-state index contributed by atoms with van der Waals surface area (Å²) in [7, 11) is 0. The highest BCUT2D eigenvalue weighted by molar-refractivity contribution is 6.23. The van der Waals surface area contributed by atoms with Gasteiger partial charge in [0.05, 0.1) is 11.4 Å². The molecule has 0 fully saturated rings. The molecule has 298 valence electrons. The van der Waals surface area contributed by atoms with Crippen LogP contribution in [0, 0.1) is 0 Å². The molecule has 0 saturated heterocycles. The maximum Gasteiger partial charge on any atom is 0.0620 e. The molecule has 0 atom stereocenters. The lowest BCUT2D eigenvalue weighted by Gasteiger charge is -2.34. The highest BCUT2D eigenvalue weighted by Gasteiger charge is 2.28. The quantitative estimate of drug-likeness (QED) is 0.112. The fraction of sp³-hybridized carbons (Fsp3) is 0.321. The summed E-state index contributed by atoms with van der Waals surface area (Å²) in [5.74, 6) is 0.894. The third-order valence-electron chi connectivity index (χ3n) is 11.9. The molecular weight excluding hydrogens is 701 g/mol. The first kappa shape index (κ1) is 40.8. The minimum absolute atomic E-state index is 0.0485. The Hall–Kier alpha value is -5.34. The Labute approximate surface area is 349 Å². The van der Waals surface area contributed by atoms with Crippen LogP contribution in [-0.2, 0) is 16.2 Å². The van der Waals surface area contributed by atoms with Crippen molar-refractivity contribution >= 4 is 55.7 Å². The van der Waals surface area contributed by atoms with Crippen molar-refractivity contribution in [1.82, 2.24) is 0 Å². The van der Waals surface area contributed by atoms with Crippen LogP contribution in [-0.4, -0.2) is 0 Å². The summed E-state index contributed by atoms with van der Waals surface area (Å²) in [6.07, 6.45) is 0. The van der Waals surface area contributed by atoms with E-state index in [0.29, 0.717) is 11.8 Å². The van der Waals surface area contributed by atoms with Gasteiger partial charge in [-0.2, -0.15) is 0 Å². The summed E-state index contributed by atoms with van der Waals surface area (Å²) in [5, 5.41) is 4.85. The minimum Gasteiger partial charge on any atom is -0.309 e. The van der Waals surface area contributed by atoms with E-state index in [-0.39, 0.29) is 16.2 Å². The predicted molar refractivity (Wildman–Crippen MR) is 255 cm³/mol. The Balaban J connectivity index is 1.61. The number of nitrogens with zero attached hydrogens (tertiary/aromatic N) is 2. The Morgan fingerprint density at radius 1 is 0.328 bits per heavy atom. The van der Waals surface area contributed by atoms with Gasteiger partial charge >= 0.3 is 0 Å². The average Bonchev–Trinajstić information content (AvgIpc) is 3.18. The lowest BCUT2D eigenvalue weighted by molar-refractivity contribution is 0.590. The molecule has 0 saturated carbocycles. The molecule has 0 aromatic heterocycles. The number of fused-ring (bicyclic) bond motifs is 2. The Morgan fingerprint density at radius 3 is 0.948 bits per heavy atom. The van der Waals surface area contributed by atoms with E-state index in [2.05, 4.69) is 239 Å². The van der Waals surface area contributed by atoms with Crippen LogP contribution in [0.1, 0.15) is 130 Å². The first-order valence-electron chi connectivity index (χ1n) is 21.3. The van der Waals surface area contributed by atoms with E-state index in [4.69, 9.17) is 0 Å². The molecule has 2 heteroatoms. The number of anilines is 6. The molecule has 0 radical (unpaired) electrons. The van der Waals surface area contributed by atoms with Crippen LogP contribution in [0.4, 0.5) is 34.1 Å². The van der Waals surface area contributed by atoms with Crippen LogP contribution in [0.3, 0.4) is 0 Å². The molecule has 0 N–H and O–H groups in total. The van der Waals surface area contributed by atoms with E-state index >= 15 is 0 Å². The third-order valence-corrected chi connectivity index (χ3v) is 11.9. The van der Waals surface area contributed by atoms with Crippen molar-refractivity contribution < 1.29 is 0 Å². The fourth-order valence-corrected chi connectivity index (χ4v) is 8.13. The number of hydrogen-bond donors (Lipinski definition) is 0. The smallest absolute Gasteiger partial charge is 0.0620 e. The van der Waals surface area contributed by atoms with Crippen molar-refractivity contribution in [2.24, 2.45) is 0 Å². The summed E-state index contributed by atoms with van der Waals surface area (Å²) >= 11 is 0. The normalized spacial score (nSPS) is 12.5. The molecule has 7 aromatic rings. The van der Waals surface area contributed by atoms with E-state index in [1.165, 1.54) is 60.7 Å². The van der Waals surface area contributed by atoms with Crippen molar-refractivity contribution in [2.45, 2.75) is 118 Å². The van der Waals surface area contributed by atoms with Crippen LogP contribution < -0.4 is 9.80 Å². The zero-order chi connectivity index (χ0) is 41.7. The highest BCUT2D eigenvalue weighted by Crippen LogP contribution is 2.52. The van der Waals surface area contributed by atoms with Crippen LogP contribution in [0.2, 0.25) is 0 Å². The highest BCUT2D eigenvalue weighted by atomic mass is 15.2. The topological polar surface area (TPSA) is 6.48 Å². The van der Waals surface area contributed by atoms with Gasteiger partial charge in [-0.1, -0.05) is 175 Å². The molecule has 0 aliphatic rings. The lowest BCUT2D eigenvalue weighted by atomic mass is 9.84. The molecule has 0 heterocycles. The van der Waals surface area contributed by atoms with Gasteiger partial charge < -0.3 is 9.80 Å². The van der Waals surface area contributed by atoms with Gasteiger partial charge in [-0.25, -0.2) is 0 Å². The minimum atomic E-state index is -0.0511. The zero-order valence-electron chi connectivity index (χ0n) is 37.3. The molecule has 0 aliphatic heterocycles. The van der Waals surface area contributed by atoms with Crippen LogP contribution in [0.25, 0.3) is 21.5 Å². The van der Waals surface area contributed by atoms with E-state index in [9.17, 15) is 0 Å². The van der Waals surface area contributed by atoms with Gasteiger partial charge in [0.1, 0.15) is 0 Å². The van der Waals surface area contributed by atoms with Gasteiger partial charge in [-0.05, 0) is 110 Å². The third kappa shape index (κ3) is 8.04. The molecule has 0 bridgehead atoms. The van der Waals surface area contributed by atoms with Crippen molar-refractivity contribution in [3.63, 3.8) is 0 Å². The van der Waals surface area contributed by atoms with E-state index in [0.717, 1.165) is 22.7 Å². The van der Waals surface area contributed by atoms with Crippen molar-refractivity contribution in [3.8, 4) is 0 Å². The second kappa shape index (κ2) is 15.4. The molecule has 2 nitrogen and oxygen atoms in total. The van der Waals surface area contributed by atoms with Gasteiger partial charge in [0.2, 0.25) is 0 Å². The standard InChI is InChI=1S/C56H64N2/c1-37(2)39-18-27-44(28-19-39)57(46-31-22-41(23-32-46)54(5,6)7)52-48-16-14-15-17-49(48)53(51-36-43(56(11,12)13)26-35-50(51)52)58(45-29-20-40(21-30-45)38(3)4)47-33-24-42(25-34-47)55(8,9)10/h14-38H,1-13H3. The van der Waals surface area contributed by atoms with Crippen molar-refractivity contribution in [3.05, 3.63) is 167 Å². The number of hydrogen-bond acceptors (Lipinski definition) is 2. The maximum atomic E-state index is 2.51. The van der Waals surface area contributed by atoms with Gasteiger partial charge in [0.25, 0.3) is 0 Å². The van der Waals surface area contributed by atoms with Crippen LogP contribution >= 0.6 is 0 Å². The van der Waals surface area contributed by atoms with Gasteiger partial charge in [0, 0.05) is 44.3 Å². The van der Waals surface area contributed by atoms with E-state index < -0.39 is 0 Å². The summed E-state index contributed by atoms with van der Waals surface area (Å²) < 4.78 is 0. The van der Waals surface area contributed by atoms with Crippen LogP contribution in [0.15, 0.2) is 140 Å². The summed E-state index contributed by atoms with van der Waals surface area (Å²) in [5.41, 5.74) is 13.6.